The fourth-order valence-electron chi connectivity index (χ4n) is 2.81. The Balaban J connectivity index is 2.04. The third-order valence-corrected chi connectivity index (χ3v) is 4.21. The van der Waals surface area contributed by atoms with Crippen LogP contribution in [0, 0.1) is 23.6 Å². The van der Waals surface area contributed by atoms with Crippen molar-refractivity contribution in [3.63, 3.8) is 0 Å². The van der Waals surface area contributed by atoms with Crippen LogP contribution < -0.4 is 0 Å². The highest BCUT2D eigenvalue weighted by atomic mass is 19.1. The zero-order valence-electron chi connectivity index (χ0n) is 12.7. The number of rotatable bonds is 4. The second-order valence-corrected chi connectivity index (χ2v) is 5.70. The Morgan fingerprint density at radius 3 is 2.76 bits per heavy atom. The lowest BCUT2D eigenvalue weighted by Crippen LogP contribution is -2.33. The molecule has 114 valence electrons. The van der Waals surface area contributed by atoms with Crippen LogP contribution in [0.15, 0.2) is 18.2 Å². The molecule has 0 radical (unpaired) electrons. The van der Waals surface area contributed by atoms with Crippen molar-refractivity contribution >= 4 is 0 Å². The zero-order chi connectivity index (χ0) is 15.1. The molecule has 0 aliphatic carbocycles. The number of piperidine rings is 1. The lowest BCUT2D eigenvalue weighted by Gasteiger charge is -2.31. The molecule has 0 saturated carbocycles. The molecular formula is C18H24FNO. The van der Waals surface area contributed by atoms with Crippen LogP contribution in [0.1, 0.15) is 43.7 Å². The van der Waals surface area contributed by atoms with Crippen LogP contribution in [0.3, 0.4) is 0 Å². The van der Waals surface area contributed by atoms with E-state index in [-0.39, 0.29) is 12.4 Å². The Morgan fingerprint density at radius 2 is 2.10 bits per heavy atom. The van der Waals surface area contributed by atoms with Gasteiger partial charge in [0, 0.05) is 18.5 Å². The summed E-state index contributed by atoms with van der Waals surface area (Å²) in [6.07, 6.45) is 4.20. The monoisotopic (exact) mass is 289 g/mol. The summed E-state index contributed by atoms with van der Waals surface area (Å²) in [6, 6.07) is 4.84. The molecule has 2 nitrogen and oxygen atoms in total. The van der Waals surface area contributed by atoms with Crippen LogP contribution >= 0.6 is 0 Å². The summed E-state index contributed by atoms with van der Waals surface area (Å²) >= 11 is 0. The number of nitrogens with zero attached hydrogens (tertiary/aromatic N) is 1. The van der Waals surface area contributed by atoms with Crippen molar-refractivity contribution in [3.8, 4) is 11.8 Å². The summed E-state index contributed by atoms with van der Waals surface area (Å²) in [5.74, 6) is 6.48. The minimum atomic E-state index is -0.253. The Hall–Kier alpha value is -1.37. The second kappa shape index (κ2) is 8.17. The largest absolute Gasteiger partial charge is 0.395 e. The van der Waals surface area contributed by atoms with Crippen LogP contribution in [-0.2, 0) is 6.54 Å². The molecule has 1 N–H and O–H groups in total. The highest BCUT2D eigenvalue weighted by Crippen LogP contribution is 2.22. The van der Waals surface area contributed by atoms with Crippen molar-refractivity contribution in [2.24, 2.45) is 5.92 Å². The zero-order valence-corrected chi connectivity index (χ0v) is 12.7. The van der Waals surface area contributed by atoms with E-state index in [0.29, 0.717) is 6.42 Å². The number of aliphatic hydroxyl groups is 1. The molecule has 0 atom stereocenters. The van der Waals surface area contributed by atoms with Crippen LogP contribution in [0.2, 0.25) is 0 Å². The minimum absolute atomic E-state index is 0.0438. The summed E-state index contributed by atoms with van der Waals surface area (Å²) in [7, 11) is 0. The van der Waals surface area contributed by atoms with Crippen LogP contribution in [0.5, 0.6) is 0 Å². The van der Waals surface area contributed by atoms with Crippen molar-refractivity contribution in [2.45, 2.75) is 39.2 Å². The molecule has 0 bridgehead atoms. The molecule has 2 rings (SSSR count). The highest BCUT2D eigenvalue weighted by molar-refractivity contribution is 5.41. The van der Waals surface area contributed by atoms with Gasteiger partial charge in [-0.1, -0.05) is 31.3 Å². The average Bonchev–Trinajstić information content (AvgIpc) is 2.51. The van der Waals surface area contributed by atoms with E-state index in [4.69, 9.17) is 5.11 Å². The average molecular weight is 289 g/mol. The van der Waals surface area contributed by atoms with E-state index >= 15 is 0 Å². The molecule has 1 heterocycles. The normalized spacial score (nSPS) is 16.5. The molecule has 21 heavy (non-hydrogen) atoms. The van der Waals surface area contributed by atoms with Gasteiger partial charge in [0.15, 0.2) is 0 Å². The van der Waals surface area contributed by atoms with E-state index in [0.717, 1.165) is 36.7 Å². The molecule has 3 heteroatoms. The van der Waals surface area contributed by atoms with Gasteiger partial charge in [0.1, 0.15) is 5.82 Å². The maximum absolute atomic E-state index is 13.4. The molecular weight excluding hydrogens is 265 g/mol. The molecule has 1 aliphatic rings. The molecule has 1 saturated heterocycles. The van der Waals surface area contributed by atoms with E-state index in [2.05, 4.69) is 23.7 Å². The van der Waals surface area contributed by atoms with Gasteiger partial charge in [-0.15, -0.1) is 0 Å². The van der Waals surface area contributed by atoms with Crippen LogP contribution in [0.25, 0.3) is 0 Å². The smallest absolute Gasteiger partial charge is 0.124 e. The first kappa shape index (κ1) is 16.0. The van der Waals surface area contributed by atoms with Gasteiger partial charge in [0.2, 0.25) is 0 Å². The highest BCUT2D eigenvalue weighted by Gasteiger charge is 2.18. The lowest BCUT2D eigenvalue weighted by atomic mass is 9.94. The van der Waals surface area contributed by atoms with E-state index in [1.807, 2.05) is 6.07 Å². The Bertz CT molecular complexity index is 510. The van der Waals surface area contributed by atoms with Gasteiger partial charge < -0.3 is 5.11 Å². The number of hydrogen-bond donors (Lipinski definition) is 1. The van der Waals surface area contributed by atoms with E-state index in [1.54, 1.807) is 0 Å². The van der Waals surface area contributed by atoms with Crippen molar-refractivity contribution in [2.75, 3.05) is 19.7 Å². The SMILES string of the molecule is CCC1CCN(Cc2ccc(F)cc2C#CCCO)CC1. The Morgan fingerprint density at radius 1 is 1.33 bits per heavy atom. The maximum Gasteiger partial charge on any atom is 0.124 e. The molecule has 1 fully saturated rings. The minimum Gasteiger partial charge on any atom is -0.395 e. The van der Waals surface area contributed by atoms with E-state index in [9.17, 15) is 4.39 Å². The maximum atomic E-state index is 13.4. The standard InChI is InChI=1S/C18H24FNO/c1-2-15-8-10-20(11-9-15)14-17-6-7-18(19)13-16(17)5-3-4-12-21/h6-7,13,15,21H,2,4,8-12,14H2,1H3. The van der Waals surface area contributed by atoms with Crippen molar-refractivity contribution < 1.29 is 9.50 Å². The van der Waals surface area contributed by atoms with Crippen molar-refractivity contribution in [3.05, 3.63) is 35.1 Å². The quantitative estimate of drug-likeness (QED) is 0.861. The van der Waals surface area contributed by atoms with Gasteiger partial charge in [-0.25, -0.2) is 4.39 Å². The summed E-state index contributed by atoms with van der Waals surface area (Å²) in [5.41, 5.74) is 1.83. The van der Waals surface area contributed by atoms with Gasteiger partial charge in [-0.3, -0.25) is 4.90 Å². The lowest BCUT2D eigenvalue weighted by molar-refractivity contribution is 0.175. The number of aliphatic hydroxyl groups excluding tert-OH is 1. The molecule has 0 spiro atoms. The topological polar surface area (TPSA) is 23.5 Å². The van der Waals surface area contributed by atoms with Gasteiger partial charge >= 0.3 is 0 Å². The summed E-state index contributed by atoms with van der Waals surface area (Å²) < 4.78 is 13.4. The molecule has 1 aromatic carbocycles. The molecule has 0 amide bonds. The molecule has 0 unspecified atom stereocenters. The van der Waals surface area contributed by atoms with Gasteiger partial charge in [0.05, 0.1) is 6.61 Å². The fourth-order valence-corrected chi connectivity index (χ4v) is 2.81. The summed E-state index contributed by atoms with van der Waals surface area (Å²) in [6.45, 7) is 5.36. The number of halogens is 1. The Kier molecular flexibility index (Phi) is 6.22. The number of hydrogen-bond acceptors (Lipinski definition) is 2. The third kappa shape index (κ3) is 4.84. The van der Waals surface area contributed by atoms with E-state index in [1.165, 1.54) is 31.4 Å². The number of benzene rings is 1. The summed E-state index contributed by atoms with van der Waals surface area (Å²) in [5, 5.41) is 8.79. The van der Waals surface area contributed by atoms with Crippen LogP contribution in [0.4, 0.5) is 4.39 Å². The van der Waals surface area contributed by atoms with Gasteiger partial charge in [-0.05, 0) is 49.5 Å². The van der Waals surface area contributed by atoms with Crippen molar-refractivity contribution in [1.29, 1.82) is 0 Å². The second-order valence-electron chi connectivity index (χ2n) is 5.70. The molecule has 1 aromatic rings. The Labute approximate surface area is 127 Å². The number of likely N-dealkylation sites (tertiary alicyclic amines) is 1. The van der Waals surface area contributed by atoms with E-state index < -0.39 is 0 Å². The fraction of sp³-hybridized carbons (Fsp3) is 0.556. The molecule has 0 aromatic heterocycles. The molecule has 1 aliphatic heterocycles. The third-order valence-electron chi connectivity index (χ3n) is 4.21. The predicted molar refractivity (Wildman–Crippen MR) is 83.3 cm³/mol. The first-order valence-corrected chi connectivity index (χ1v) is 7.83. The van der Waals surface area contributed by atoms with Crippen molar-refractivity contribution in [1.82, 2.24) is 4.90 Å². The first-order chi connectivity index (χ1) is 10.2. The summed E-state index contributed by atoms with van der Waals surface area (Å²) in [4.78, 5) is 2.43. The first-order valence-electron chi connectivity index (χ1n) is 7.83. The predicted octanol–water partition coefficient (Wildman–Crippen LogP) is 3.18. The van der Waals surface area contributed by atoms with Gasteiger partial charge in [0.25, 0.3) is 0 Å². The van der Waals surface area contributed by atoms with Gasteiger partial charge in [-0.2, -0.15) is 0 Å². The van der Waals surface area contributed by atoms with Crippen LogP contribution in [-0.4, -0.2) is 29.7 Å².